The Balaban J connectivity index is 2.28. The summed E-state index contributed by atoms with van der Waals surface area (Å²) in [5.41, 5.74) is 3.24. The van der Waals surface area contributed by atoms with Crippen LogP contribution in [-0.4, -0.2) is 61.1 Å². The first-order chi connectivity index (χ1) is 7.49. The quantitative estimate of drug-likeness (QED) is 0.690. The van der Waals surface area contributed by atoms with Gasteiger partial charge in [-0.25, -0.2) is 10.4 Å². The second-order valence-electron chi connectivity index (χ2n) is 4.80. The lowest BCUT2D eigenvalue weighted by Crippen LogP contribution is -2.56. The van der Waals surface area contributed by atoms with Crippen molar-refractivity contribution in [1.29, 1.82) is 0 Å². The molecule has 1 aliphatic heterocycles. The largest absolute Gasteiger partial charge is 0.353 e. The molecule has 0 bridgehead atoms. The third-order valence-corrected chi connectivity index (χ3v) is 2.70. The summed E-state index contributed by atoms with van der Waals surface area (Å²) in [5, 5.41) is 5.03. The molecule has 0 aromatic heterocycles. The maximum absolute atomic E-state index is 11.7. The van der Waals surface area contributed by atoms with E-state index in [-0.39, 0.29) is 18.0 Å². The van der Waals surface area contributed by atoms with Crippen LogP contribution in [0, 0.1) is 0 Å². The van der Waals surface area contributed by atoms with E-state index < -0.39 is 0 Å². The molecule has 1 amide bonds. The van der Waals surface area contributed by atoms with Gasteiger partial charge >= 0.3 is 0 Å². The summed E-state index contributed by atoms with van der Waals surface area (Å²) in [6.07, 6.45) is 0. The molecular formula is C11H24N4O. The molecule has 1 unspecified atom stereocenters. The van der Waals surface area contributed by atoms with Crippen molar-refractivity contribution in [2.75, 3.05) is 33.2 Å². The van der Waals surface area contributed by atoms with Crippen LogP contribution in [0.4, 0.5) is 0 Å². The molecule has 0 radical (unpaired) electrons. The third-order valence-electron chi connectivity index (χ3n) is 2.70. The molecule has 0 spiro atoms. The Morgan fingerprint density at radius 2 is 1.69 bits per heavy atom. The van der Waals surface area contributed by atoms with Crippen LogP contribution in [0.25, 0.3) is 0 Å². The fourth-order valence-corrected chi connectivity index (χ4v) is 1.68. The van der Waals surface area contributed by atoms with Crippen molar-refractivity contribution in [2.45, 2.75) is 32.9 Å². The summed E-state index contributed by atoms with van der Waals surface area (Å²) < 4.78 is 0. The van der Waals surface area contributed by atoms with E-state index >= 15 is 0 Å². The van der Waals surface area contributed by atoms with Crippen LogP contribution in [0.5, 0.6) is 0 Å². The van der Waals surface area contributed by atoms with E-state index in [0.717, 1.165) is 26.2 Å². The van der Waals surface area contributed by atoms with Crippen LogP contribution in [-0.2, 0) is 4.79 Å². The number of hydrogen-bond donors (Lipinski definition) is 2. The predicted octanol–water partition coefficient (Wildman–Crippen LogP) is -0.348. The highest BCUT2D eigenvalue weighted by atomic mass is 16.2. The van der Waals surface area contributed by atoms with E-state index in [0.29, 0.717) is 0 Å². The molecule has 2 N–H and O–H groups in total. The van der Waals surface area contributed by atoms with Gasteiger partial charge in [0.2, 0.25) is 5.91 Å². The monoisotopic (exact) mass is 228 g/mol. The minimum atomic E-state index is -0.161. The number of carbonyl (C=O) groups is 1. The van der Waals surface area contributed by atoms with Gasteiger partial charge in [0.25, 0.3) is 0 Å². The number of rotatable bonds is 4. The summed E-state index contributed by atoms with van der Waals surface area (Å²) in [5.74, 6) is 0.0638. The highest BCUT2D eigenvalue weighted by Crippen LogP contribution is 1.97. The zero-order valence-electron chi connectivity index (χ0n) is 10.8. The third kappa shape index (κ3) is 4.47. The SMILES string of the molecule is CC(C)NC(=O)C(C)NN1CCN(C)CC1. The van der Waals surface area contributed by atoms with Gasteiger partial charge in [-0.2, -0.15) is 0 Å². The molecule has 1 heterocycles. The minimum absolute atomic E-state index is 0.0638. The van der Waals surface area contributed by atoms with Gasteiger partial charge < -0.3 is 10.2 Å². The van der Waals surface area contributed by atoms with Crippen molar-refractivity contribution in [3.63, 3.8) is 0 Å². The molecule has 1 fully saturated rings. The van der Waals surface area contributed by atoms with Crippen molar-refractivity contribution in [3.05, 3.63) is 0 Å². The molecule has 0 saturated carbocycles. The highest BCUT2D eigenvalue weighted by molar-refractivity contribution is 5.81. The van der Waals surface area contributed by atoms with Crippen LogP contribution in [0.1, 0.15) is 20.8 Å². The summed E-state index contributed by atoms with van der Waals surface area (Å²) in [6, 6.07) is 0.0371. The smallest absolute Gasteiger partial charge is 0.238 e. The van der Waals surface area contributed by atoms with E-state index in [1.807, 2.05) is 20.8 Å². The second-order valence-corrected chi connectivity index (χ2v) is 4.80. The molecule has 0 aromatic carbocycles. The Morgan fingerprint density at radius 3 is 2.19 bits per heavy atom. The van der Waals surface area contributed by atoms with E-state index in [2.05, 4.69) is 27.7 Å². The number of likely N-dealkylation sites (N-methyl/N-ethyl adjacent to an activating group) is 1. The first-order valence-electron chi connectivity index (χ1n) is 5.99. The Hall–Kier alpha value is -0.650. The Bertz CT molecular complexity index is 224. The van der Waals surface area contributed by atoms with E-state index in [1.54, 1.807) is 0 Å². The average molecular weight is 228 g/mol. The van der Waals surface area contributed by atoms with Gasteiger partial charge in [0.15, 0.2) is 0 Å². The molecule has 1 aliphatic rings. The van der Waals surface area contributed by atoms with Gasteiger partial charge in [-0.05, 0) is 27.8 Å². The van der Waals surface area contributed by atoms with Crippen LogP contribution in [0.15, 0.2) is 0 Å². The van der Waals surface area contributed by atoms with Gasteiger partial charge in [0.1, 0.15) is 0 Å². The zero-order chi connectivity index (χ0) is 12.1. The molecule has 0 aliphatic carbocycles. The minimum Gasteiger partial charge on any atom is -0.353 e. The van der Waals surface area contributed by atoms with Gasteiger partial charge in [-0.1, -0.05) is 0 Å². The number of hydrazine groups is 1. The highest BCUT2D eigenvalue weighted by Gasteiger charge is 2.19. The van der Waals surface area contributed by atoms with Crippen molar-refractivity contribution >= 4 is 5.91 Å². The summed E-state index contributed by atoms with van der Waals surface area (Å²) in [4.78, 5) is 14.0. The molecular weight excluding hydrogens is 204 g/mol. The summed E-state index contributed by atoms with van der Waals surface area (Å²) >= 11 is 0. The maximum Gasteiger partial charge on any atom is 0.238 e. The predicted molar refractivity (Wildman–Crippen MR) is 64.9 cm³/mol. The van der Waals surface area contributed by atoms with Crippen LogP contribution >= 0.6 is 0 Å². The lowest BCUT2D eigenvalue weighted by molar-refractivity contribution is -0.124. The van der Waals surface area contributed by atoms with Crippen molar-refractivity contribution in [3.8, 4) is 0 Å². The zero-order valence-corrected chi connectivity index (χ0v) is 10.8. The lowest BCUT2D eigenvalue weighted by atomic mass is 10.3. The fourth-order valence-electron chi connectivity index (χ4n) is 1.68. The Morgan fingerprint density at radius 1 is 1.12 bits per heavy atom. The molecule has 0 aromatic rings. The average Bonchev–Trinajstić information content (AvgIpc) is 2.20. The molecule has 1 atom stereocenters. The fraction of sp³-hybridized carbons (Fsp3) is 0.909. The molecule has 5 nitrogen and oxygen atoms in total. The standard InChI is InChI=1S/C11H24N4O/c1-9(2)12-11(16)10(3)13-15-7-5-14(4)6-8-15/h9-10,13H,5-8H2,1-4H3,(H,12,16). The number of nitrogens with zero attached hydrogens (tertiary/aromatic N) is 2. The van der Waals surface area contributed by atoms with Crippen molar-refractivity contribution in [1.82, 2.24) is 20.7 Å². The van der Waals surface area contributed by atoms with E-state index in [4.69, 9.17) is 0 Å². The lowest BCUT2D eigenvalue weighted by Gasteiger charge is -2.34. The van der Waals surface area contributed by atoms with E-state index in [9.17, 15) is 4.79 Å². The first-order valence-corrected chi connectivity index (χ1v) is 5.99. The normalized spacial score (nSPS) is 21.1. The molecule has 1 rings (SSSR count). The maximum atomic E-state index is 11.7. The molecule has 16 heavy (non-hydrogen) atoms. The van der Waals surface area contributed by atoms with Crippen molar-refractivity contribution in [2.24, 2.45) is 0 Å². The van der Waals surface area contributed by atoms with Crippen LogP contribution in [0.2, 0.25) is 0 Å². The molecule has 1 saturated heterocycles. The van der Waals surface area contributed by atoms with Crippen molar-refractivity contribution < 1.29 is 4.79 Å². The first kappa shape index (κ1) is 13.4. The number of carbonyl (C=O) groups excluding carboxylic acids is 1. The molecule has 5 heteroatoms. The van der Waals surface area contributed by atoms with Gasteiger partial charge in [0, 0.05) is 32.2 Å². The van der Waals surface area contributed by atoms with E-state index in [1.165, 1.54) is 0 Å². The van der Waals surface area contributed by atoms with Gasteiger partial charge in [-0.3, -0.25) is 4.79 Å². The van der Waals surface area contributed by atoms with Gasteiger partial charge in [-0.15, -0.1) is 0 Å². The number of nitrogens with one attached hydrogen (secondary N) is 2. The van der Waals surface area contributed by atoms with Crippen LogP contribution in [0.3, 0.4) is 0 Å². The van der Waals surface area contributed by atoms with Crippen LogP contribution < -0.4 is 10.7 Å². The second kappa shape index (κ2) is 6.18. The van der Waals surface area contributed by atoms with Gasteiger partial charge in [0.05, 0.1) is 6.04 Å². The topological polar surface area (TPSA) is 47.6 Å². The summed E-state index contributed by atoms with van der Waals surface area (Å²) in [7, 11) is 2.12. The number of hydrogen-bond acceptors (Lipinski definition) is 4. The molecule has 94 valence electrons. The Labute approximate surface area is 98.1 Å². The number of piperazine rings is 1. The summed E-state index contributed by atoms with van der Waals surface area (Å²) in [6.45, 7) is 9.87. The number of amides is 1. The Kier molecular flexibility index (Phi) is 5.18.